The van der Waals surface area contributed by atoms with Crippen LogP contribution >= 0.6 is 0 Å². The average Bonchev–Trinajstić information content (AvgIpc) is 2.82. The highest BCUT2D eigenvalue weighted by Gasteiger charge is 2.78. The number of likely N-dealkylation sites (tertiary alicyclic amines) is 1. The van der Waals surface area contributed by atoms with Crippen LogP contribution in [0.3, 0.4) is 0 Å². The van der Waals surface area contributed by atoms with E-state index in [4.69, 9.17) is 4.74 Å². The van der Waals surface area contributed by atoms with Crippen molar-refractivity contribution in [1.82, 2.24) is 10.2 Å². The molecule has 0 radical (unpaired) electrons. The van der Waals surface area contributed by atoms with Gasteiger partial charge in [-0.25, -0.2) is 13.6 Å². The third-order valence-corrected chi connectivity index (χ3v) is 3.50. The van der Waals surface area contributed by atoms with Gasteiger partial charge in [0.25, 0.3) is 11.8 Å². The Kier molecular flexibility index (Phi) is 4.25. The second kappa shape index (κ2) is 5.50. The van der Waals surface area contributed by atoms with E-state index in [-0.39, 0.29) is 13.1 Å². The van der Waals surface area contributed by atoms with E-state index in [1.54, 1.807) is 20.8 Å². The molecule has 1 atom stereocenters. The first-order valence-corrected chi connectivity index (χ1v) is 6.98. The summed E-state index contributed by atoms with van der Waals surface area (Å²) in [6.45, 7) is 1.21. The second-order valence-corrected chi connectivity index (χ2v) is 6.64. The van der Waals surface area contributed by atoms with Crippen molar-refractivity contribution >= 4 is 12.0 Å². The van der Waals surface area contributed by atoms with Gasteiger partial charge >= 0.3 is 12.7 Å². The lowest BCUT2D eigenvalue weighted by Crippen LogP contribution is -2.63. The Balaban J connectivity index is 1.97. The molecule has 0 spiro atoms. The van der Waals surface area contributed by atoms with Gasteiger partial charge < -0.3 is 19.7 Å². The topological polar surface area (TPSA) is 67.9 Å². The molecular formula is C13H18F4N2O4. The van der Waals surface area contributed by atoms with Gasteiger partial charge in [-0.05, 0) is 20.8 Å². The zero-order valence-electron chi connectivity index (χ0n) is 12.9. The largest absolute Gasteiger partial charge is 0.444 e. The van der Waals surface area contributed by atoms with E-state index in [0.717, 1.165) is 4.90 Å². The zero-order valence-corrected chi connectivity index (χ0v) is 12.9. The van der Waals surface area contributed by atoms with Crippen LogP contribution in [0.4, 0.5) is 22.4 Å². The lowest BCUT2D eigenvalue weighted by molar-refractivity contribution is -0.200. The molecule has 0 aromatic rings. The number of rotatable bonds is 4. The molecule has 1 saturated heterocycles. The third-order valence-electron chi connectivity index (χ3n) is 3.50. The summed E-state index contributed by atoms with van der Waals surface area (Å²) in [5.41, 5.74) is -3.28. The number of alkyl carbamates (subject to hydrolysis) is 1. The summed E-state index contributed by atoms with van der Waals surface area (Å²) in [6.07, 6.45) is -2.89. The lowest BCUT2D eigenvalue weighted by Gasteiger charge is -2.40. The van der Waals surface area contributed by atoms with E-state index in [0.29, 0.717) is 0 Å². The van der Waals surface area contributed by atoms with Gasteiger partial charge in [0.05, 0.1) is 12.5 Å². The van der Waals surface area contributed by atoms with E-state index in [2.05, 4.69) is 4.74 Å². The summed E-state index contributed by atoms with van der Waals surface area (Å²) in [4.78, 5) is 24.8. The maximum absolute atomic E-state index is 13.7. The van der Waals surface area contributed by atoms with Crippen molar-refractivity contribution in [2.75, 3.05) is 13.1 Å². The zero-order chi connectivity index (χ0) is 17.6. The van der Waals surface area contributed by atoms with Crippen LogP contribution in [0.5, 0.6) is 0 Å². The number of ether oxygens (including phenoxy) is 2. The van der Waals surface area contributed by atoms with Gasteiger partial charge in [0.1, 0.15) is 5.60 Å². The molecule has 2 fully saturated rings. The van der Waals surface area contributed by atoms with Crippen molar-refractivity contribution in [3.05, 3.63) is 0 Å². The molecule has 6 nitrogen and oxygen atoms in total. The SMILES string of the molecule is CC(C)(C)OC(=O)NC1(C(=O)N2CC(OC(F)F)C2)CC1(F)F. The van der Waals surface area contributed by atoms with E-state index in [1.807, 2.05) is 5.32 Å². The van der Waals surface area contributed by atoms with Gasteiger partial charge in [0, 0.05) is 13.1 Å². The highest BCUT2D eigenvalue weighted by molar-refractivity contribution is 5.95. The van der Waals surface area contributed by atoms with Crippen LogP contribution in [0.25, 0.3) is 0 Å². The molecule has 132 valence electrons. The summed E-state index contributed by atoms with van der Waals surface area (Å²) >= 11 is 0. The number of carbonyl (C=O) groups is 2. The number of amides is 2. The summed E-state index contributed by atoms with van der Waals surface area (Å²) in [5, 5.41) is 1.93. The molecular weight excluding hydrogens is 324 g/mol. The van der Waals surface area contributed by atoms with E-state index < -0.39 is 48.2 Å². The van der Waals surface area contributed by atoms with Crippen molar-refractivity contribution in [3.63, 3.8) is 0 Å². The molecule has 10 heteroatoms. The number of alkyl halides is 4. The molecule has 2 amide bonds. The van der Waals surface area contributed by atoms with Gasteiger partial charge in [-0.15, -0.1) is 0 Å². The smallest absolute Gasteiger partial charge is 0.408 e. The summed E-state index contributed by atoms with van der Waals surface area (Å²) in [5.74, 6) is -4.43. The fourth-order valence-electron chi connectivity index (χ4n) is 2.29. The minimum absolute atomic E-state index is 0.225. The molecule has 23 heavy (non-hydrogen) atoms. The Hall–Kier alpha value is -1.58. The Morgan fingerprint density at radius 1 is 1.26 bits per heavy atom. The molecule has 1 heterocycles. The maximum Gasteiger partial charge on any atom is 0.408 e. The van der Waals surface area contributed by atoms with E-state index in [9.17, 15) is 27.2 Å². The van der Waals surface area contributed by atoms with Gasteiger partial charge in [0.15, 0.2) is 5.54 Å². The Labute approximate surface area is 130 Å². The van der Waals surface area contributed by atoms with Crippen LogP contribution < -0.4 is 5.32 Å². The normalized spacial score (nSPS) is 26.7. The number of nitrogens with zero attached hydrogens (tertiary/aromatic N) is 1. The van der Waals surface area contributed by atoms with Crippen molar-refractivity contribution in [2.24, 2.45) is 0 Å². The van der Waals surface area contributed by atoms with E-state index in [1.165, 1.54) is 0 Å². The summed E-state index contributed by atoms with van der Waals surface area (Å²) < 4.78 is 60.4. The van der Waals surface area contributed by atoms with Crippen LogP contribution in [-0.4, -0.2) is 59.8 Å². The summed E-state index contributed by atoms with van der Waals surface area (Å²) in [7, 11) is 0. The van der Waals surface area contributed by atoms with Crippen molar-refractivity contribution in [3.8, 4) is 0 Å². The number of nitrogens with one attached hydrogen (secondary N) is 1. The first-order chi connectivity index (χ1) is 10.4. The van der Waals surface area contributed by atoms with E-state index >= 15 is 0 Å². The van der Waals surface area contributed by atoms with Crippen LogP contribution in [0.15, 0.2) is 0 Å². The van der Waals surface area contributed by atoms with Gasteiger partial charge in [-0.2, -0.15) is 8.78 Å². The fourth-order valence-corrected chi connectivity index (χ4v) is 2.29. The molecule has 0 aromatic carbocycles. The van der Waals surface area contributed by atoms with Crippen LogP contribution in [0.2, 0.25) is 0 Å². The molecule has 2 rings (SSSR count). The number of hydrogen-bond donors (Lipinski definition) is 1. The highest BCUT2D eigenvalue weighted by atomic mass is 19.3. The Morgan fingerprint density at radius 3 is 2.17 bits per heavy atom. The molecule has 1 aliphatic carbocycles. The number of hydrogen-bond acceptors (Lipinski definition) is 4. The maximum atomic E-state index is 13.7. The van der Waals surface area contributed by atoms with Gasteiger partial charge in [0.2, 0.25) is 0 Å². The van der Waals surface area contributed by atoms with Gasteiger partial charge in [-0.3, -0.25) is 4.79 Å². The first kappa shape index (κ1) is 17.8. The Bertz CT molecular complexity index is 503. The van der Waals surface area contributed by atoms with Crippen LogP contribution in [0, 0.1) is 0 Å². The van der Waals surface area contributed by atoms with Crippen molar-refractivity contribution in [2.45, 2.75) is 57.0 Å². The highest BCUT2D eigenvalue weighted by Crippen LogP contribution is 2.54. The molecule has 2 aliphatic rings. The first-order valence-electron chi connectivity index (χ1n) is 6.98. The molecule has 1 unspecified atom stereocenters. The third kappa shape index (κ3) is 3.67. The lowest BCUT2D eigenvalue weighted by atomic mass is 10.1. The predicted molar refractivity (Wildman–Crippen MR) is 69.1 cm³/mol. The average molecular weight is 342 g/mol. The minimum Gasteiger partial charge on any atom is -0.444 e. The van der Waals surface area contributed by atoms with Crippen LogP contribution in [-0.2, 0) is 14.3 Å². The fraction of sp³-hybridized carbons (Fsp3) is 0.846. The monoisotopic (exact) mass is 342 g/mol. The quantitative estimate of drug-likeness (QED) is 0.791. The van der Waals surface area contributed by atoms with Crippen LogP contribution in [0.1, 0.15) is 27.2 Å². The number of carbonyl (C=O) groups excluding carboxylic acids is 2. The second-order valence-electron chi connectivity index (χ2n) is 6.64. The predicted octanol–water partition coefficient (Wildman–Crippen LogP) is 1.74. The molecule has 1 saturated carbocycles. The molecule has 1 N–H and O–H groups in total. The molecule has 1 aliphatic heterocycles. The summed E-state index contributed by atoms with van der Waals surface area (Å²) in [6, 6.07) is 0. The Morgan fingerprint density at radius 2 is 1.78 bits per heavy atom. The minimum atomic E-state index is -3.41. The molecule has 0 aromatic heterocycles. The van der Waals surface area contributed by atoms with Gasteiger partial charge in [-0.1, -0.05) is 0 Å². The van der Waals surface area contributed by atoms with Crippen molar-refractivity contribution < 1.29 is 36.6 Å². The van der Waals surface area contributed by atoms with Crippen molar-refractivity contribution in [1.29, 1.82) is 0 Å². The standard InChI is InChI=1S/C13H18F4N2O4/c1-11(2,3)23-10(21)18-12(6-13(12,16)17)8(20)19-4-7(5-19)22-9(14)15/h7,9H,4-6H2,1-3H3,(H,18,21). The number of halogens is 4. The molecule has 0 bridgehead atoms.